The van der Waals surface area contributed by atoms with Gasteiger partial charge in [-0.25, -0.2) is 16.5 Å². The maximum Gasteiger partial charge on any atom is 0.280 e. The lowest BCUT2D eigenvalue weighted by atomic mass is 9.96. The maximum atomic E-state index is 12.8. The van der Waals surface area contributed by atoms with Crippen LogP contribution in [0.5, 0.6) is 0 Å². The molecule has 2 aliphatic rings. The van der Waals surface area contributed by atoms with Gasteiger partial charge in [0.2, 0.25) is 11.8 Å². The van der Waals surface area contributed by atoms with Crippen LogP contribution in [-0.2, 0) is 9.59 Å². The van der Waals surface area contributed by atoms with E-state index in [0.29, 0.717) is 24.1 Å². The zero-order valence-electron chi connectivity index (χ0n) is 22.4. The van der Waals surface area contributed by atoms with E-state index in [-0.39, 0.29) is 50.9 Å². The molecule has 3 N–H and O–H groups in total. The Bertz CT molecular complexity index is 1380. The number of nitrogens with zero attached hydrogens (tertiary/aromatic N) is 4. The van der Waals surface area contributed by atoms with E-state index in [0.717, 1.165) is 41.8 Å². The van der Waals surface area contributed by atoms with Crippen LogP contribution in [0, 0.1) is 6.57 Å². The minimum atomic E-state index is -0.361. The second-order valence-corrected chi connectivity index (χ2v) is 9.89. The van der Waals surface area contributed by atoms with E-state index in [1.165, 1.54) is 18.9 Å². The van der Waals surface area contributed by atoms with Gasteiger partial charge in [0.15, 0.2) is 5.82 Å². The largest absolute Gasteiger partial charge is 0.309 e. The van der Waals surface area contributed by atoms with Gasteiger partial charge in [-0.1, -0.05) is 30.3 Å². The van der Waals surface area contributed by atoms with Gasteiger partial charge >= 0.3 is 0 Å². The lowest BCUT2D eigenvalue weighted by Gasteiger charge is -2.13. The second-order valence-electron chi connectivity index (χ2n) is 9.89. The number of benzene rings is 1. The van der Waals surface area contributed by atoms with E-state index < -0.39 is 0 Å². The Morgan fingerprint density at radius 1 is 1.12 bits per heavy atom. The number of nitrogens with one attached hydrogen (secondary N) is 3. The highest BCUT2D eigenvalue weighted by atomic mass is 32.1. The minimum Gasteiger partial charge on any atom is -0.309 e. The molecule has 1 saturated carbocycles. The van der Waals surface area contributed by atoms with E-state index in [1.807, 2.05) is 43.3 Å². The molecule has 1 aromatic carbocycles. The molecule has 2 amide bonds. The number of anilines is 2. The molecule has 40 heavy (non-hydrogen) atoms. The third-order valence-corrected chi connectivity index (χ3v) is 7.08. The Morgan fingerprint density at radius 2 is 1.95 bits per heavy atom. The van der Waals surface area contributed by atoms with Crippen LogP contribution in [0.4, 0.5) is 11.6 Å². The van der Waals surface area contributed by atoms with Gasteiger partial charge in [0.1, 0.15) is 5.82 Å². The maximum absolute atomic E-state index is 12.8. The predicted molar refractivity (Wildman–Crippen MR) is 167 cm³/mol. The number of carbonyl (C=O) groups excluding carboxylic acids is 2. The molecule has 9 nitrogen and oxygen atoms in total. The van der Waals surface area contributed by atoms with Crippen molar-refractivity contribution in [1.82, 2.24) is 20.1 Å². The summed E-state index contributed by atoms with van der Waals surface area (Å²) in [5.74, 6) is 0.824. The van der Waals surface area contributed by atoms with Crippen molar-refractivity contribution in [2.75, 3.05) is 23.7 Å². The van der Waals surface area contributed by atoms with Crippen LogP contribution in [0.1, 0.15) is 55.7 Å². The van der Waals surface area contributed by atoms with Gasteiger partial charge in [0, 0.05) is 55.0 Å². The molecule has 0 unspecified atom stereocenters. The first-order valence-corrected chi connectivity index (χ1v) is 13.0. The Hall–Kier alpha value is -3.59. The average molecular weight is 578 g/mol. The van der Waals surface area contributed by atoms with Gasteiger partial charge in [0.05, 0.1) is 5.92 Å². The molecule has 2 aromatic heterocycles. The quantitative estimate of drug-likeness (QED) is 0.241. The standard InChI is InChI=1S/C29H31N7O2.2H2S/c1-19(29(38)33-26-17-24(34-35-26)20-10-11-20)21-6-3-7-22(16-21)23-12-13-25(31-18-23)32-28(37)9-5-15-36-14-4-8-27(36)30-2;;/h3,5-7,9,12-13,16-20,27H,4,8,10-11,14-15H2,1H3,(H,31,32,37)(H2,33,34,35,38);2*1H2/b9-5+;;/t19-,27-;;/m0../s1. The van der Waals surface area contributed by atoms with Gasteiger partial charge in [-0.05, 0) is 49.4 Å². The van der Waals surface area contributed by atoms with Crippen molar-refractivity contribution in [3.05, 3.63) is 83.5 Å². The Labute approximate surface area is 248 Å². The van der Waals surface area contributed by atoms with Gasteiger partial charge in [-0.3, -0.25) is 19.5 Å². The molecule has 2 atom stereocenters. The molecular weight excluding hydrogens is 543 g/mol. The normalized spacial score (nSPS) is 17.4. The second kappa shape index (κ2) is 14.2. The van der Waals surface area contributed by atoms with Crippen molar-refractivity contribution in [3.8, 4) is 11.1 Å². The van der Waals surface area contributed by atoms with E-state index in [4.69, 9.17) is 6.57 Å². The smallest absolute Gasteiger partial charge is 0.280 e. The summed E-state index contributed by atoms with van der Waals surface area (Å²) in [5, 5.41) is 12.9. The molecule has 2 fully saturated rings. The van der Waals surface area contributed by atoms with E-state index >= 15 is 0 Å². The highest BCUT2D eigenvalue weighted by molar-refractivity contribution is 7.59. The molecule has 11 heteroatoms. The summed E-state index contributed by atoms with van der Waals surface area (Å²) in [6.07, 6.45) is 9.14. The number of pyridine rings is 1. The third-order valence-electron chi connectivity index (χ3n) is 7.08. The molecule has 1 aliphatic heterocycles. The van der Waals surface area contributed by atoms with E-state index in [1.54, 1.807) is 18.3 Å². The van der Waals surface area contributed by atoms with Crippen LogP contribution < -0.4 is 10.6 Å². The van der Waals surface area contributed by atoms with E-state index in [9.17, 15) is 9.59 Å². The number of aromatic amines is 1. The number of amides is 2. The Kier molecular flexibility index (Phi) is 11.0. The first kappa shape index (κ1) is 30.9. The van der Waals surface area contributed by atoms with Crippen molar-refractivity contribution >= 4 is 50.4 Å². The fourth-order valence-corrected chi connectivity index (χ4v) is 4.65. The van der Waals surface area contributed by atoms with Crippen molar-refractivity contribution in [3.63, 3.8) is 0 Å². The molecule has 3 heterocycles. The fraction of sp³-hybridized carbons (Fsp3) is 0.345. The van der Waals surface area contributed by atoms with Crippen LogP contribution in [0.15, 0.2) is 60.8 Å². The van der Waals surface area contributed by atoms with Crippen molar-refractivity contribution in [2.45, 2.75) is 50.6 Å². The Balaban J connectivity index is 0.00000220. The molecule has 1 aliphatic carbocycles. The Morgan fingerprint density at radius 3 is 2.67 bits per heavy atom. The summed E-state index contributed by atoms with van der Waals surface area (Å²) in [4.78, 5) is 35.2. The number of carbonyl (C=O) groups is 2. The fourth-order valence-electron chi connectivity index (χ4n) is 4.65. The first-order chi connectivity index (χ1) is 18.5. The lowest BCUT2D eigenvalue weighted by Crippen LogP contribution is -2.26. The molecule has 5 rings (SSSR count). The number of aromatic nitrogens is 3. The zero-order valence-corrected chi connectivity index (χ0v) is 24.4. The van der Waals surface area contributed by atoms with Crippen LogP contribution >= 0.6 is 27.0 Å². The first-order valence-electron chi connectivity index (χ1n) is 13.0. The van der Waals surface area contributed by atoms with Gasteiger partial charge in [-0.15, -0.1) is 0 Å². The van der Waals surface area contributed by atoms with Crippen LogP contribution in [0.25, 0.3) is 16.0 Å². The molecule has 210 valence electrons. The minimum absolute atomic E-state index is 0. The molecule has 3 aromatic rings. The molecule has 0 spiro atoms. The number of hydrogen-bond acceptors (Lipinski definition) is 5. The van der Waals surface area contributed by atoms with Gasteiger partial charge < -0.3 is 10.6 Å². The number of hydrogen-bond donors (Lipinski definition) is 3. The number of likely N-dealkylation sites (tertiary alicyclic amines) is 1. The zero-order chi connectivity index (χ0) is 26.5. The number of H-pyrrole nitrogens is 1. The van der Waals surface area contributed by atoms with Crippen molar-refractivity contribution in [2.24, 2.45) is 0 Å². The SMILES string of the molecule is S.S.[C-]#[N+][C@@H]1CCCN1C/C=C/C(=O)Nc1ccc(-c2cccc([C@H](C)C(=O)Nc3cc(C4CC4)[nH]n3)c2)cn1. The van der Waals surface area contributed by atoms with Crippen molar-refractivity contribution in [1.29, 1.82) is 0 Å². The summed E-state index contributed by atoms with van der Waals surface area (Å²) in [6.45, 7) is 10.6. The average Bonchev–Trinajstić information content (AvgIpc) is 3.51. The summed E-state index contributed by atoms with van der Waals surface area (Å²) < 4.78 is 0. The van der Waals surface area contributed by atoms with Gasteiger partial charge in [-0.2, -0.15) is 32.1 Å². The summed E-state index contributed by atoms with van der Waals surface area (Å²) in [7, 11) is 0. The molecule has 1 saturated heterocycles. The van der Waals surface area contributed by atoms with Gasteiger partial charge in [0.25, 0.3) is 6.17 Å². The highest BCUT2D eigenvalue weighted by Crippen LogP contribution is 2.39. The van der Waals surface area contributed by atoms with E-state index in [2.05, 4.69) is 35.6 Å². The lowest BCUT2D eigenvalue weighted by molar-refractivity contribution is -0.117. The van der Waals surface area contributed by atoms with Crippen molar-refractivity contribution < 1.29 is 9.59 Å². The summed E-state index contributed by atoms with van der Waals surface area (Å²) >= 11 is 0. The summed E-state index contributed by atoms with van der Waals surface area (Å²) in [6, 6.07) is 13.4. The van der Waals surface area contributed by atoms with Crippen LogP contribution in [-0.4, -0.2) is 51.2 Å². The molecule has 0 radical (unpaired) electrons. The van der Waals surface area contributed by atoms with Crippen LogP contribution in [0.2, 0.25) is 0 Å². The van der Waals surface area contributed by atoms with Crippen LogP contribution in [0.3, 0.4) is 0 Å². The monoisotopic (exact) mass is 577 g/mol. The summed E-state index contributed by atoms with van der Waals surface area (Å²) in [5.41, 5.74) is 3.78. The molecular formula is C29H35N7O2S2. The number of rotatable bonds is 9. The predicted octanol–water partition coefficient (Wildman–Crippen LogP) is 5.15. The molecule has 0 bridgehead atoms. The third kappa shape index (κ3) is 7.75. The highest BCUT2D eigenvalue weighted by Gasteiger charge is 2.28. The topological polar surface area (TPSA) is 107 Å².